The molecule has 1 aromatic rings. The van der Waals surface area contributed by atoms with Gasteiger partial charge < -0.3 is 15.7 Å². The third kappa shape index (κ3) is 13.3. The molecule has 0 saturated carbocycles. The Bertz CT molecular complexity index is 981. The van der Waals surface area contributed by atoms with Crippen LogP contribution in [0.25, 0.3) is 0 Å². The molecule has 0 radical (unpaired) electrons. The molecule has 0 bridgehead atoms. The predicted molar refractivity (Wildman–Crippen MR) is 150 cm³/mol. The van der Waals surface area contributed by atoms with E-state index in [4.69, 9.17) is 11.6 Å². The average molecular weight is 513 g/mol. The first-order valence-electron chi connectivity index (χ1n) is 12.2. The molecule has 0 aliphatic heterocycles. The van der Waals surface area contributed by atoms with Crippen LogP contribution in [0.4, 0.5) is 0 Å². The van der Waals surface area contributed by atoms with Gasteiger partial charge in [0.05, 0.1) is 6.10 Å². The number of hydrogen-bond donors (Lipinski definition) is 3. The summed E-state index contributed by atoms with van der Waals surface area (Å²) in [4.78, 5) is 25.2. The van der Waals surface area contributed by atoms with Crippen molar-refractivity contribution in [1.82, 2.24) is 10.6 Å². The Morgan fingerprint density at radius 2 is 1.69 bits per heavy atom. The lowest BCUT2D eigenvalue weighted by Gasteiger charge is -2.29. The molecule has 0 spiro atoms. The van der Waals surface area contributed by atoms with Crippen molar-refractivity contribution in [3.63, 3.8) is 0 Å². The zero-order valence-corrected chi connectivity index (χ0v) is 23.0. The van der Waals surface area contributed by atoms with Crippen molar-refractivity contribution >= 4 is 23.4 Å². The summed E-state index contributed by atoms with van der Waals surface area (Å²) >= 11 is 5.77. The molecule has 0 aromatic heterocycles. The molecule has 2 amide bonds. The third-order valence-corrected chi connectivity index (χ3v) is 5.55. The van der Waals surface area contributed by atoms with Crippen LogP contribution in [0.1, 0.15) is 65.9 Å². The number of carbonyl (C=O) groups excluding carboxylic acids is 2. The number of halogens is 1. The van der Waals surface area contributed by atoms with Crippen LogP contribution in [0.3, 0.4) is 0 Å². The van der Waals surface area contributed by atoms with E-state index in [-0.39, 0.29) is 17.7 Å². The molecule has 0 unspecified atom stereocenters. The van der Waals surface area contributed by atoms with E-state index < -0.39 is 17.6 Å². The van der Waals surface area contributed by atoms with Crippen LogP contribution >= 0.6 is 11.6 Å². The maximum Gasteiger partial charge on any atom is 0.247 e. The quantitative estimate of drug-likeness (QED) is 0.227. The number of aliphatic hydroxyl groups is 1. The number of nitrogens with one attached hydrogen (secondary N) is 2. The molecule has 1 aromatic carbocycles. The third-order valence-electron chi connectivity index (χ3n) is 5.39. The van der Waals surface area contributed by atoms with Crippen molar-refractivity contribution in [1.29, 1.82) is 0 Å². The molecule has 1 rings (SSSR count). The summed E-state index contributed by atoms with van der Waals surface area (Å²) in [6.07, 6.45) is 14.2. The van der Waals surface area contributed by atoms with Gasteiger partial charge in [-0.25, -0.2) is 0 Å². The van der Waals surface area contributed by atoms with Crippen molar-refractivity contribution in [2.75, 3.05) is 0 Å². The number of rotatable bonds is 12. The van der Waals surface area contributed by atoms with Crippen molar-refractivity contribution in [3.05, 3.63) is 95.2 Å². The largest absolute Gasteiger partial charge is 0.392 e. The lowest BCUT2D eigenvalue weighted by atomic mass is 9.86. The highest BCUT2D eigenvalue weighted by molar-refractivity contribution is 6.29. The van der Waals surface area contributed by atoms with Crippen LogP contribution < -0.4 is 10.6 Å². The van der Waals surface area contributed by atoms with Crippen LogP contribution in [0.2, 0.25) is 0 Å². The lowest BCUT2D eigenvalue weighted by molar-refractivity contribution is -0.129. The number of hydrogen-bond acceptors (Lipinski definition) is 3. The summed E-state index contributed by atoms with van der Waals surface area (Å²) in [5.41, 5.74) is 1.84. The molecule has 0 fully saturated rings. The van der Waals surface area contributed by atoms with Gasteiger partial charge in [-0.3, -0.25) is 9.59 Å². The van der Waals surface area contributed by atoms with E-state index in [1.807, 2.05) is 58.0 Å². The molecule has 0 heterocycles. The van der Waals surface area contributed by atoms with Gasteiger partial charge in [-0.15, -0.1) is 0 Å². The maximum atomic E-state index is 12.7. The molecule has 0 aliphatic rings. The molecular weight excluding hydrogens is 472 g/mol. The molecule has 36 heavy (non-hydrogen) atoms. The second kappa shape index (κ2) is 16.0. The summed E-state index contributed by atoms with van der Waals surface area (Å²) in [5.74, 6) is -0.384. The monoisotopic (exact) mass is 512 g/mol. The minimum atomic E-state index is -0.733. The van der Waals surface area contributed by atoms with E-state index in [1.54, 1.807) is 25.2 Å². The van der Waals surface area contributed by atoms with Gasteiger partial charge in [0.15, 0.2) is 0 Å². The summed E-state index contributed by atoms with van der Waals surface area (Å²) in [6.45, 7) is 11.6. The minimum Gasteiger partial charge on any atom is -0.392 e. The Morgan fingerprint density at radius 1 is 1.06 bits per heavy atom. The summed E-state index contributed by atoms with van der Waals surface area (Å²) in [5, 5.41) is 16.0. The van der Waals surface area contributed by atoms with E-state index in [0.29, 0.717) is 17.9 Å². The first-order valence-corrected chi connectivity index (χ1v) is 12.6. The zero-order chi connectivity index (χ0) is 27.1. The Balaban J connectivity index is 2.63. The zero-order valence-electron chi connectivity index (χ0n) is 22.3. The Labute approximate surface area is 221 Å². The van der Waals surface area contributed by atoms with E-state index in [1.165, 1.54) is 17.8 Å². The first kappa shape index (κ1) is 31.1. The molecule has 6 heteroatoms. The molecule has 0 saturated heterocycles. The van der Waals surface area contributed by atoms with Gasteiger partial charge in [0, 0.05) is 11.1 Å². The lowest BCUT2D eigenvalue weighted by Crippen LogP contribution is -2.52. The standard InChI is InChI=1S/C30H41ClN2O3/c1-22(21-23(2)25-14-8-7-9-15-25)13-10-11-17-27(35)33-28(30(4,5)6)29(36)32-20-12-16-26(34)19-18-24(3)31/h7-15,17-18,20-21,23,26,28,34H,16,19H2,1-6H3,(H,32,36)(H,33,35)/b13-10-,17-11-,20-12-,22-21+,24-18+/t23-,26+,28+/m0/s1. The molecular formula is C30H41ClN2O3. The fraction of sp³-hybridized carbons (Fsp3) is 0.400. The number of aliphatic hydroxyl groups excluding tert-OH is 1. The molecule has 3 atom stereocenters. The van der Waals surface area contributed by atoms with Gasteiger partial charge >= 0.3 is 0 Å². The van der Waals surface area contributed by atoms with Crippen LogP contribution in [-0.2, 0) is 9.59 Å². The second-order valence-corrected chi connectivity index (χ2v) is 10.6. The SMILES string of the molecule is C/C(Cl)=C\C[C@H](O)C/C=C\NC(=O)[C@@H](NC(=O)\C=C/C=C\C(C)=C\[C@H](C)c1ccccc1)C(C)(C)C. The van der Waals surface area contributed by atoms with Gasteiger partial charge in [0.25, 0.3) is 0 Å². The molecule has 196 valence electrons. The van der Waals surface area contributed by atoms with Crippen molar-refractivity contribution in [2.24, 2.45) is 5.41 Å². The second-order valence-electron chi connectivity index (χ2n) is 9.96. The number of amides is 2. The van der Waals surface area contributed by atoms with Crippen LogP contribution in [0.5, 0.6) is 0 Å². The smallest absolute Gasteiger partial charge is 0.247 e. The van der Waals surface area contributed by atoms with E-state index in [0.717, 1.165) is 5.57 Å². The fourth-order valence-electron chi connectivity index (χ4n) is 3.36. The number of benzene rings is 1. The Morgan fingerprint density at radius 3 is 2.31 bits per heavy atom. The molecule has 5 nitrogen and oxygen atoms in total. The Kier molecular flexibility index (Phi) is 13.8. The highest BCUT2D eigenvalue weighted by Gasteiger charge is 2.31. The van der Waals surface area contributed by atoms with Crippen molar-refractivity contribution < 1.29 is 14.7 Å². The van der Waals surface area contributed by atoms with Gasteiger partial charge in [0.2, 0.25) is 11.8 Å². The van der Waals surface area contributed by atoms with Gasteiger partial charge in [-0.1, -0.05) is 112 Å². The Hall–Kier alpha value is -2.89. The van der Waals surface area contributed by atoms with Crippen molar-refractivity contribution in [3.8, 4) is 0 Å². The van der Waals surface area contributed by atoms with Crippen LogP contribution in [-0.4, -0.2) is 29.1 Å². The molecule has 0 aliphatic carbocycles. The van der Waals surface area contributed by atoms with Gasteiger partial charge in [-0.05, 0) is 49.8 Å². The van der Waals surface area contributed by atoms with E-state index in [2.05, 4.69) is 35.8 Å². The topological polar surface area (TPSA) is 78.4 Å². The molecule has 3 N–H and O–H groups in total. The number of allylic oxidation sites excluding steroid dienone is 6. The van der Waals surface area contributed by atoms with Gasteiger partial charge in [-0.2, -0.15) is 0 Å². The summed E-state index contributed by atoms with van der Waals surface area (Å²) < 4.78 is 0. The highest BCUT2D eigenvalue weighted by atomic mass is 35.5. The fourth-order valence-corrected chi connectivity index (χ4v) is 3.45. The highest BCUT2D eigenvalue weighted by Crippen LogP contribution is 2.20. The summed E-state index contributed by atoms with van der Waals surface area (Å²) in [7, 11) is 0. The maximum absolute atomic E-state index is 12.7. The minimum absolute atomic E-state index is 0.290. The van der Waals surface area contributed by atoms with E-state index >= 15 is 0 Å². The number of carbonyl (C=O) groups is 2. The average Bonchev–Trinajstić information content (AvgIpc) is 2.81. The summed E-state index contributed by atoms with van der Waals surface area (Å²) in [6, 6.07) is 9.53. The van der Waals surface area contributed by atoms with Crippen LogP contribution in [0.15, 0.2) is 89.7 Å². The van der Waals surface area contributed by atoms with Gasteiger partial charge in [0.1, 0.15) is 6.04 Å². The van der Waals surface area contributed by atoms with Crippen LogP contribution in [0, 0.1) is 5.41 Å². The first-order chi connectivity index (χ1) is 16.9. The normalized spacial score (nSPS) is 15.9. The van der Waals surface area contributed by atoms with Crippen molar-refractivity contribution in [2.45, 2.75) is 72.4 Å². The van der Waals surface area contributed by atoms with E-state index in [9.17, 15) is 14.7 Å². The predicted octanol–water partition coefficient (Wildman–Crippen LogP) is 6.29.